The molecule has 0 unspecified atom stereocenters. The van der Waals surface area contributed by atoms with E-state index in [2.05, 4.69) is 14.9 Å². The summed E-state index contributed by atoms with van der Waals surface area (Å²) in [6.45, 7) is 3.48. The highest BCUT2D eigenvalue weighted by atomic mass is 32.1. The zero-order valence-electron chi connectivity index (χ0n) is 18.7. The lowest BCUT2D eigenvalue weighted by Gasteiger charge is -2.40. The second-order valence-corrected chi connectivity index (χ2v) is 10.2. The lowest BCUT2D eigenvalue weighted by Crippen LogP contribution is -2.52. The van der Waals surface area contributed by atoms with Gasteiger partial charge in [-0.05, 0) is 37.8 Å². The van der Waals surface area contributed by atoms with Crippen LogP contribution in [0.5, 0.6) is 10.9 Å². The summed E-state index contributed by atoms with van der Waals surface area (Å²) >= 11 is 1.53. The Kier molecular flexibility index (Phi) is 5.63. The van der Waals surface area contributed by atoms with Crippen molar-refractivity contribution in [2.45, 2.75) is 51.0 Å². The molecule has 0 radical (unpaired) electrons. The minimum atomic E-state index is 0.0520. The van der Waals surface area contributed by atoms with Gasteiger partial charge in [0.05, 0.1) is 10.4 Å². The standard InChI is InChI=1S/C25H28N4O3S/c30-24(29-13-11-28(12-14-29)17-5-2-1-3-6-17)20-16-31-21-15-18(8-9-19(20)21)32-25-27-23-22(33-25)7-4-10-26-23/h8-10,15-17H,1-7,11-14H2. The van der Waals surface area contributed by atoms with E-state index in [0.717, 1.165) is 55.1 Å². The summed E-state index contributed by atoms with van der Waals surface area (Å²) in [4.78, 5) is 27.7. The number of carbonyl (C=O) groups excluding carboxylic acids is 1. The summed E-state index contributed by atoms with van der Waals surface area (Å²) in [6.07, 6.45) is 12.1. The Morgan fingerprint density at radius 2 is 1.97 bits per heavy atom. The Balaban J connectivity index is 1.13. The number of fused-ring (bicyclic) bond motifs is 2. The zero-order chi connectivity index (χ0) is 22.2. The highest BCUT2D eigenvalue weighted by Crippen LogP contribution is 2.37. The van der Waals surface area contributed by atoms with Gasteiger partial charge in [-0.15, -0.1) is 0 Å². The third-order valence-corrected chi connectivity index (χ3v) is 8.03. The molecule has 1 aliphatic carbocycles. The van der Waals surface area contributed by atoms with E-state index in [1.807, 2.05) is 29.3 Å². The van der Waals surface area contributed by atoms with Crippen LogP contribution < -0.4 is 4.74 Å². The normalized spacial score (nSPS) is 19.7. The molecule has 4 heterocycles. The lowest BCUT2D eigenvalue weighted by atomic mass is 9.94. The van der Waals surface area contributed by atoms with Crippen LogP contribution >= 0.6 is 11.3 Å². The van der Waals surface area contributed by atoms with Crippen molar-refractivity contribution in [3.63, 3.8) is 0 Å². The van der Waals surface area contributed by atoms with E-state index in [0.29, 0.717) is 28.1 Å². The average Bonchev–Trinajstić information content (AvgIpc) is 3.47. The van der Waals surface area contributed by atoms with Crippen molar-refractivity contribution >= 4 is 40.2 Å². The molecule has 2 aromatic heterocycles. The van der Waals surface area contributed by atoms with E-state index in [4.69, 9.17) is 9.15 Å². The van der Waals surface area contributed by atoms with E-state index >= 15 is 0 Å². The molecule has 2 fully saturated rings. The number of aliphatic imine (C=N–C) groups is 1. The Morgan fingerprint density at radius 3 is 2.79 bits per heavy atom. The van der Waals surface area contributed by atoms with Gasteiger partial charge in [0, 0.05) is 49.9 Å². The largest absolute Gasteiger partial charge is 0.463 e. The van der Waals surface area contributed by atoms with Crippen molar-refractivity contribution in [1.82, 2.24) is 14.8 Å². The van der Waals surface area contributed by atoms with Crippen molar-refractivity contribution in [2.75, 3.05) is 26.2 Å². The first-order chi connectivity index (χ1) is 16.2. The maximum absolute atomic E-state index is 13.2. The van der Waals surface area contributed by atoms with Crippen LogP contribution in [-0.2, 0) is 6.42 Å². The van der Waals surface area contributed by atoms with Gasteiger partial charge in [-0.3, -0.25) is 9.69 Å². The molecule has 0 N–H and O–H groups in total. The predicted octanol–water partition coefficient (Wildman–Crippen LogP) is 5.42. The summed E-state index contributed by atoms with van der Waals surface area (Å²) in [5.74, 6) is 1.46. The number of furan rings is 1. The molecule has 2 aliphatic heterocycles. The molecule has 0 spiro atoms. The summed E-state index contributed by atoms with van der Waals surface area (Å²) in [5.41, 5.74) is 1.28. The second kappa shape index (κ2) is 8.91. The van der Waals surface area contributed by atoms with E-state index in [-0.39, 0.29) is 5.91 Å². The van der Waals surface area contributed by atoms with Crippen LogP contribution in [0.2, 0.25) is 0 Å². The first-order valence-corrected chi connectivity index (χ1v) is 12.8. The molecule has 3 aliphatic rings. The number of nitrogens with zero attached hydrogens (tertiary/aromatic N) is 4. The number of aryl methyl sites for hydroxylation is 1. The third kappa shape index (κ3) is 4.17. The van der Waals surface area contributed by atoms with Crippen LogP contribution in [0, 0.1) is 0 Å². The number of thiazole rings is 1. The number of aromatic nitrogens is 1. The molecule has 8 heteroatoms. The highest BCUT2D eigenvalue weighted by molar-refractivity contribution is 7.13. The number of rotatable bonds is 4. The van der Waals surface area contributed by atoms with E-state index in [9.17, 15) is 4.79 Å². The maximum Gasteiger partial charge on any atom is 0.281 e. The number of ether oxygens (including phenoxy) is 1. The fourth-order valence-corrected chi connectivity index (χ4v) is 6.11. The van der Waals surface area contributed by atoms with Crippen LogP contribution in [0.3, 0.4) is 0 Å². The van der Waals surface area contributed by atoms with Crippen molar-refractivity contribution in [1.29, 1.82) is 0 Å². The van der Waals surface area contributed by atoms with Crippen LogP contribution in [-0.4, -0.2) is 59.1 Å². The minimum Gasteiger partial charge on any atom is -0.463 e. The molecule has 7 nitrogen and oxygen atoms in total. The summed E-state index contributed by atoms with van der Waals surface area (Å²) < 4.78 is 11.7. The van der Waals surface area contributed by atoms with Crippen molar-refractivity contribution in [3.8, 4) is 10.9 Å². The number of piperazine rings is 1. The van der Waals surface area contributed by atoms with Gasteiger partial charge in [0.2, 0.25) is 0 Å². The highest BCUT2D eigenvalue weighted by Gasteiger charge is 2.28. The number of hydrogen-bond donors (Lipinski definition) is 0. The second-order valence-electron chi connectivity index (χ2n) is 9.11. The molecule has 1 aromatic carbocycles. The third-order valence-electron chi connectivity index (χ3n) is 7.05. The lowest BCUT2D eigenvalue weighted by molar-refractivity contribution is 0.0524. The Hall–Kier alpha value is -2.71. The van der Waals surface area contributed by atoms with Crippen LogP contribution in [0.25, 0.3) is 11.0 Å². The van der Waals surface area contributed by atoms with Gasteiger partial charge in [-0.1, -0.05) is 30.6 Å². The molecular weight excluding hydrogens is 436 g/mol. The first-order valence-electron chi connectivity index (χ1n) is 12.0. The van der Waals surface area contributed by atoms with Crippen LogP contribution in [0.15, 0.2) is 33.9 Å². The average molecular weight is 465 g/mol. The number of carbonyl (C=O) groups is 1. The quantitative estimate of drug-likeness (QED) is 0.516. The van der Waals surface area contributed by atoms with Gasteiger partial charge in [-0.25, -0.2) is 4.99 Å². The van der Waals surface area contributed by atoms with E-state index in [1.54, 1.807) is 6.26 Å². The van der Waals surface area contributed by atoms with Gasteiger partial charge in [0.1, 0.15) is 17.6 Å². The Bertz CT molecular complexity index is 1190. The molecule has 1 amide bonds. The number of hydrogen-bond acceptors (Lipinski definition) is 7. The fourth-order valence-electron chi connectivity index (χ4n) is 5.22. The van der Waals surface area contributed by atoms with Gasteiger partial charge < -0.3 is 14.1 Å². The molecular formula is C25H28N4O3S. The van der Waals surface area contributed by atoms with Gasteiger partial charge >= 0.3 is 0 Å². The molecule has 0 bridgehead atoms. The molecule has 172 valence electrons. The summed E-state index contributed by atoms with van der Waals surface area (Å²) in [5, 5.41) is 1.40. The first kappa shape index (κ1) is 20.9. The number of amides is 1. The Morgan fingerprint density at radius 1 is 1.12 bits per heavy atom. The molecule has 1 saturated heterocycles. The fraction of sp³-hybridized carbons (Fsp3) is 0.480. The van der Waals surface area contributed by atoms with Gasteiger partial charge in [0.15, 0.2) is 5.82 Å². The smallest absolute Gasteiger partial charge is 0.281 e. The minimum absolute atomic E-state index is 0.0520. The summed E-state index contributed by atoms with van der Waals surface area (Å²) in [6, 6.07) is 6.32. The number of benzene rings is 1. The maximum atomic E-state index is 13.2. The van der Waals surface area contributed by atoms with E-state index < -0.39 is 0 Å². The molecule has 33 heavy (non-hydrogen) atoms. The van der Waals surface area contributed by atoms with Crippen molar-refractivity contribution in [3.05, 3.63) is 34.9 Å². The topological polar surface area (TPSA) is 71.2 Å². The molecule has 1 saturated carbocycles. The predicted molar refractivity (Wildman–Crippen MR) is 129 cm³/mol. The van der Waals surface area contributed by atoms with Crippen molar-refractivity contribution in [2.24, 2.45) is 4.99 Å². The molecule has 0 atom stereocenters. The summed E-state index contributed by atoms with van der Waals surface area (Å²) in [7, 11) is 0. The van der Waals surface area contributed by atoms with Gasteiger partial charge in [-0.2, -0.15) is 4.98 Å². The van der Waals surface area contributed by atoms with Crippen molar-refractivity contribution < 1.29 is 13.9 Å². The molecule has 3 aromatic rings. The van der Waals surface area contributed by atoms with Gasteiger partial charge in [0.25, 0.3) is 11.1 Å². The molecule has 6 rings (SSSR count). The Labute approximate surface area is 197 Å². The zero-order valence-corrected chi connectivity index (χ0v) is 19.5. The van der Waals surface area contributed by atoms with Crippen LogP contribution in [0.4, 0.5) is 5.82 Å². The van der Waals surface area contributed by atoms with E-state index in [1.165, 1.54) is 43.4 Å². The monoisotopic (exact) mass is 464 g/mol. The SMILES string of the molecule is O=C(c1coc2cc(Oc3nc4c(s3)CCC=N4)ccc12)N1CCN(C2CCCCC2)CC1. The van der Waals surface area contributed by atoms with Crippen LogP contribution in [0.1, 0.15) is 53.8 Å².